The van der Waals surface area contributed by atoms with Crippen LogP contribution in [0.1, 0.15) is 26.3 Å². The zero-order valence-electron chi connectivity index (χ0n) is 14.4. The Kier molecular flexibility index (Phi) is 5.18. The number of halogens is 1. The Hall–Kier alpha value is -1.44. The molecule has 0 aliphatic carbocycles. The third-order valence-corrected chi connectivity index (χ3v) is 8.24. The maximum Gasteiger partial charge on any atom is 0.540 e. The summed E-state index contributed by atoms with van der Waals surface area (Å²) in [4.78, 5) is 0.233. The van der Waals surface area contributed by atoms with Crippen LogP contribution in [0.15, 0.2) is 71.6 Å². The molecule has 3 nitrogen and oxygen atoms in total. The molecule has 0 N–H and O–H groups in total. The molecule has 0 saturated carbocycles. The highest BCUT2D eigenvalue weighted by Gasteiger charge is 2.29. The normalized spacial score (nSPS) is 12.4. The van der Waals surface area contributed by atoms with Gasteiger partial charge in [-0.1, -0.05) is 69.3 Å². The number of hydrogen-bond acceptors (Lipinski definition) is 3. The first-order chi connectivity index (χ1) is 11.8. The molecule has 0 radical (unpaired) electrons. The molecule has 0 amide bonds. The van der Waals surface area contributed by atoms with Crippen LogP contribution < -0.4 is 21.6 Å². The second kappa shape index (κ2) is 7.05. The molecular formula is C20H20IO3S+. The lowest BCUT2D eigenvalue weighted by molar-refractivity contribution is -0.837. The first-order valence-electron chi connectivity index (χ1n) is 7.94. The van der Waals surface area contributed by atoms with E-state index in [-0.39, 0.29) is 10.3 Å². The van der Waals surface area contributed by atoms with E-state index in [0.717, 1.165) is 8.96 Å². The van der Waals surface area contributed by atoms with Crippen LogP contribution in [0.2, 0.25) is 0 Å². The molecule has 0 aromatic heterocycles. The first-order valence-corrected chi connectivity index (χ1v) is 11.3. The average molecular weight is 467 g/mol. The van der Waals surface area contributed by atoms with Crippen LogP contribution in [0.5, 0.6) is 0 Å². The summed E-state index contributed by atoms with van der Waals surface area (Å²) in [6, 6.07) is 20.7. The van der Waals surface area contributed by atoms with Crippen molar-refractivity contribution in [2.45, 2.75) is 31.1 Å². The van der Waals surface area contributed by atoms with Crippen LogP contribution in [0.25, 0.3) is 10.8 Å². The second-order valence-corrected chi connectivity index (χ2v) is 11.1. The van der Waals surface area contributed by atoms with Crippen LogP contribution >= 0.6 is 0 Å². The molecule has 25 heavy (non-hydrogen) atoms. The maximum absolute atomic E-state index is 12.7. The topological polar surface area (TPSA) is 43.4 Å². The van der Waals surface area contributed by atoms with Crippen molar-refractivity contribution in [3.63, 3.8) is 0 Å². The predicted octanol–water partition coefficient (Wildman–Crippen LogP) is 1.72. The first kappa shape index (κ1) is 18.4. The summed E-state index contributed by atoms with van der Waals surface area (Å²) in [7, 11) is -3.77. The smallest absolute Gasteiger partial charge is 0.190 e. The van der Waals surface area contributed by atoms with Crippen molar-refractivity contribution in [1.82, 2.24) is 0 Å². The fourth-order valence-electron chi connectivity index (χ4n) is 2.53. The summed E-state index contributed by atoms with van der Waals surface area (Å²) in [5, 5.41) is 1.58. The molecule has 3 aromatic rings. The molecule has 0 spiro atoms. The molecule has 0 aliphatic heterocycles. The van der Waals surface area contributed by atoms with Gasteiger partial charge in [-0.2, -0.15) is 8.42 Å². The van der Waals surface area contributed by atoms with Gasteiger partial charge in [0.25, 0.3) is 0 Å². The Labute approximate surface area is 160 Å². The SMILES string of the molecule is CC(C)(C)c1ccc([I+]OS(=O)(=O)c2cccc3ccccc23)cc1. The Bertz CT molecular complexity index is 982. The van der Waals surface area contributed by atoms with Crippen molar-refractivity contribution in [3.8, 4) is 0 Å². The van der Waals surface area contributed by atoms with Gasteiger partial charge in [-0.3, -0.25) is 0 Å². The molecule has 0 aliphatic rings. The number of benzene rings is 3. The predicted molar refractivity (Wildman–Crippen MR) is 96.1 cm³/mol. The van der Waals surface area contributed by atoms with Crippen molar-refractivity contribution < 1.29 is 32.6 Å². The Morgan fingerprint density at radius 2 is 1.48 bits per heavy atom. The van der Waals surface area contributed by atoms with Gasteiger partial charge in [-0.05, 0) is 37.1 Å². The highest BCUT2D eigenvalue weighted by Crippen LogP contribution is 2.23. The van der Waals surface area contributed by atoms with Crippen molar-refractivity contribution in [2.24, 2.45) is 0 Å². The third-order valence-electron chi connectivity index (χ3n) is 3.93. The van der Waals surface area contributed by atoms with E-state index in [0.29, 0.717) is 5.39 Å². The molecule has 0 bridgehead atoms. The molecule has 5 heteroatoms. The van der Waals surface area contributed by atoms with E-state index in [4.69, 9.17) is 2.51 Å². The fourth-order valence-corrected chi connectivity index (χ4v) is 6.02. The van der Waals surface area contributed by atoms with Gasteiger partial charge in [-0.15, -0.1) is 0 Å². The Morgan fingerprint density at radius 3 is 2.16 bits per heavy atom. The minimum atomic E-state index is -3.77. The summed E-state index contributed by atoms with van der Waals surface area (Å²) < 4.78 is 31.7. The van der Waals surface area contributed by atoms with Gasteiger partial charge in [0.05, 0.1) is 0 Å². The number of rotatable bonds is 4. The maximum atomic E-state index is 12.7. The second-order valence-electron chi connectivity index (χ2n) is 6.83. The monoisotopic (exact) mass is 467 g/mol. The van der Waals surface area contributed by atoms with Crippen LogP contribution in [0.4, 0.5) is 0 Å². The summed E-state index contributed by atoms with van der Waals surface area (Å²) in [5.41, 5.74) is 1.30. The van der Waals surface area contributed by atoms with E-state index in [2.05, 4.69) is 20.8 Å². The Morgan fingerprint density at radius 1 is 0.840 bits per heavy atom. The van der Waals surface area contributed by atoms with E-state index >= 15 is 0 Å². The molecule has 0 atom stereocenters. The van der Waals surface area contributed by atoms with Gasteiger partial charge in [0.1, 0.15) is 4.90 Å². The van der Waals surface area contributed by atoms with Crippen LogP contribution in [-0.4, -0.2) is 8.42 Å². The van der Waals surface area contributed by atoms with Gasteiger partial charge < -0.3 is 0 Å². The lowest BCUT2D eigenvalue weighted by atomic mass is 9.87. The largest absolute Gasteiger partial charge is 0.540 e. The van der Waals surface area contributed by atoms with Crippen molar-refractivity contribution >= 4 is 20.9 Å². The number of fused-ring (bicyclic) bond motifs is 1. The molecule has 0 fully saturated rings. The van der Waals surface area contributed by atoms with Crippen LogP contribution in [0.3, 0.4) is 0 Å². The van der Waals surface area contributed by atoms with E-state index < -0.39 is 31.7 Å². The fraction of sp³-hybridized carbons (Fsp3) is 0.200. The standard InChI is InChI=1S/C20H20IO3S/c1-20(2,3)16-11-13-17(14-12-16)21-24-25(22,23)19-10-6-8-15-7-4-5-9-18(15)19/h4-14H,1-3H3/q+1. The lowest BCUT2D eigenvalue weighted by Gasteiger charge is -2.18. The molecule has 130 valence electrons. The van der Waals surface area contributed by atoms with Crippen LogP contribution in [-0.2, 0) is 18.0 Å². The molecule has 0 heterocycles. The lowest BCUT2D eigenvalue weighted by Crippen LogP contribution is -3.61. The van der Waals surface area contributed by atoms with Crippen molar-refractivity contribution in [2.75, 3.05) is 0 Å². The van der Waals surface area contributed by atoms with Gasteiger partial charge in [-0.25, -0.2) is 0 Å². The van der Waals surface area contributed by atoms with Crippen molar-refractivity contribution in [3.05, 3.63) is 75.9 Å². The van der Waals surface area contributed by atoms with Crippen LogP contribution in [0, 0.1) is 3.57 Å². The molecule has 0 unspecified atom stereocenters. The van der Waals surface area contributed by atoms with E-state index in [9.17, 15) is 8.42 Å². The molecular weight excluding hydrogens is 447 g/mol. The molecule has 3 aromatic carbocycles. The van der Waals surface area contributed by atoms with Gasteiger partial charge >= 0.3 is 31.7 Å². The minimum absolute atomic E-state index is 0.0761. The van der Waals surface area contributed by atoms with Gasteiger partial charge in [0, 0.05) is 5.39 Å². The average Bonchev–Trinajstić information content (AvgIpc) is 2.59. The zero-order chi connectivity index (χ0) is 18.1. The quantitative estimate of drug-likeness (QED) is 0.549. The summed E-state index contributed by atoms with van der Waals surface area (Å²) in [6.45, 7) is 6.45. The van der Waals surface area contributed by atoms with E-state index in [1.807, 2.05) is 54.6 Å². The minimum Gasteiger partial charge on any atom is -0.190 e. The van der Waals surface area contributed by atoms with E-state index in [1.54, 1.807) is 12.1 Å². The zero-order valence-corrected chi connectivity index (χ0v) is 17.3. The van der Waals surface area contributed by atoms with Gasteiger partial charge in [0.2, 0.25) is 3.57 Å². The highest BCUT2D eigenvalue weighted by molar-refractivity contribution is 7.86. The van der Waals surface area contributed by atoms with E-state index in [1.165, 1.54) is 5.56 Å². The Balaban J connectivity index is 1.82. The molecule has 3 rings (SSSR count). The summed E-state index contributed by atoms with van der Waals surface area (Å²) in [6.07, 6.45) is 0. The summed E-state index contributed by atoms with van der Waals surface area (Å²) in [5.74, 6) is 0. The molecule has 0 saturated heterocycles. The number of hydrogen-bond donors (Lipinski definition) is 0. The van der Waals surface area contributed by atoms with Gasteiger partial charge in [0.15, 0.2) is 0 Å². The van der Waals surface area contributed by atoms with Crippen molar-refractivity contribution in [1.29, 1.82) is 0 Å². The highest BCUT2D eigenvalue weighted by atomic mass is 127. The summed E-state index contributed by atoms with van der Waals surface area (Å²) >= 11 is -1.08. The third kappa shape index (κ3) is 4.22.